The Bertz CT molecular complexity index is 575. The zero-order chi connectivity index (χ0) is 15.2. The topological polar surface area (TPSA) is 29.9 Å². The summed E-state index contributed by atoms with van der Waals surface area (Å²) in [5.74, 6) is 0.968. The van der Waals surface area contributed by atoms with Crippen LogP contribution in [0.1, 0.15) is 37.7 Å². The van der Waals surface area contributed by atoms with Crippen molar-refractivity contribution in [3.63, 3.8) is 0 Å². The van der Waals surface area contributed by atoms with Crippen molar-refractivity contribution >= 4 is 11.8 Å². The van der Waals surface area contributed by atoms with Crippen molar-refractivity contribution < 1.29 is 0 Å². The van der Waals surface area contributed by atoms with Crippen molar-refractivity contribution in [2.75, 3.05) is 0 Å². The molecule has 3 nitrogen and oxygen atoms in total. The number of hydrogen-bond acceptors (Lipinski definition) is 3. The lowest BCUT2D eigenvalue weighted by Crippen LogP contribution is -2.21. The average Bonchev–Trinajstić information content (AvgIpc) is 2.83. The van der Waals surface area contributed by atoms with Crippen LogP contribution in [0, 0.1) is 6.92 Å². The molecule has 4 heteroatoms. The van der Waals surface area contributed by atoms with E-state index >= 15 is 0 Å². The maximum atomic E-state index is 4.50. The fraction of sp³-hybridized carbons (Fsp3) is 0.471. The Hall–Kier alpha value is -1.26. The minimum Gasteiger partial charge on any atom is -0.310 e. The summed E-state index contributed by atoms with van der Waals surface area (Å²) < 4.78 is 2.09. The molecule has 0 fully saturated rings. The zero-order valence-electron chi connectivity index (χ0n) is 13.4. The van der Waals surface area contributed by atoms with Crippen LogP contribution in [0.4, 0.5) is 0 Å². The molecule has 0 amide bonds. The third kappa shape index (κ3) is 4.90. The molecular weight excluding hydrogens is 278 g/mol. The van der Waals surface area contributed by atoms with Crippen LogP contribution < -0.4 is 5.32 Å². The molecule has 0 radical (unpaired) electrons. The maximum Gasteiger partial charge on any atom is 0.0596 e. The van der Waals surface area contributed by atoms with Crippen LogP contribution in [0.15, 0.2) is 35.2 Å². The number of nitrogens with one attached hydrogen (secondary N) is 1. The monoisotopic (exact) mass is 303 g/mol. The number of aromatic nitrogens is 2. The van der Waals surface area contributed by atoms with Gasteiger partial charge in [-0.3, -0.25) is 4.68 Å². The van der Waals surface area contributed by atoms with Crippen LogP contribution in [0.3, 0.4) is 0 Å². The van der Waals surface area contributed by atoms with Gasteiger partial charge in [0.05, 0.1) is 5.69 Å². The van der Waals surface area contributed by atoms with Crippen molar-refractivity contribution in [2.24, 2.45) is 0 Å². The number of rotatable bonds is 7. The summed E-state index contributed by atoms with van der Waals surface area (Å²) in [6.45, 7) is 10.4. The molecule has 1 aromatic heterocycles. The normalized spacial score (nSPS) is 11.3. The highest BCUT2D eigenvalue weighted by molar-refractivity contribution is 7.98. The van der Waals surface area contributed by atoms with E-state index in [1.54, 1.807) is 0 Å². The molecule has 0 unspecified atom stereocenters. The van der Waals surface area contributed by atoms with Crippen molar-refractivity contribution in [1.29, 1.82) is 0 Å². The molecule has 0 spiro atoms. The average molecular weight is 303 g/mol. The highest BCUT2D eigenvalue weighted by atomic mass is 32.2. The van der Waals surface area contributed by atoms with Gasteiger partial charge in [-0.05, 0) is 37.6 Å². The maximum absolute atomic E-state index is 4.50. The van der Waals surface area contributed by atoms with Gasteiger partial charge < -0.3 is 5.32 Å². The Morgan fingerprint density at radius 1 is 1.29 bits per heavy atom. The smallest absolute Gasteiger partial charge is 0.0596 e. The van der Waals surface area contributed by atoms with Crippen molar-refractivity contribution in [3.8, 4) is 0 Å². The molecule has 1 N–H and O–H groups in total. The Kier molecular flexibility index (Phi) is 5.88. The van der Waals surface area contributed by atoms with Gasteiger partial charge in [0, 0.05) is 35.5 Å². The second kappa shape index (κ2) is 7.66. The summed E-state index contributed by atoms with van der Waals surface area (Å²) in [6, 6.07) is 11.5. The Morgan fingerprint density at radius 2 is 2.10 bits per heavy atom. The molecule has 0 saturated carbocycles. The number of hydrogen-bond donors (Lipinski definition) is 1. The molecule has 0 bridgehead atoms. The second-order valence-electron chi connectivity index (χ2n) is 5.56. The van der Waals surface area contributed by atoms with Crippen LogP contribution in [0.5, 0.6) is 0 Å². The molecule has 1 aromatic carbocycles. The fourth-order valence-electron chi connectivity index (χ4n) is 2.21. The number of thioether (sulfide) groups is 1. The summed E-state index contributed by atoms with van der Waals surface area (Å²) in [5.41, 5.74) is 3.74. The molecule has 2 rings (SSSR count). The van der Waals surface area contributed by atoms with E-state index < -0.39 is 0 Å². The molecule has 0 aliphatic carbocycles. The molecule has 0 aliphatic rings. The van der Waals surface area contributed by atoms with Gasteiger partial charge in [-0.25, -0.2) is 0 Å². The van der Waals surface area contributed by atoms with E-state index in [1.807, 2.05) is 11.8 Å². The predicted molar refractivity (Wildman–Crippen MR) is 90.6 cm³/mol. The van der Waals surface area contributed by atoms with Gasteiger partial charge in [-0.15, -0.1) is 11.8 Å². The first-order valence-corrected chi connectivity index (χ1v) is 8.55. The van der Waals surface area contributed by atoms with E-state index in [2.05, 4.69) is 73.1 Å². The van der Waals surface area contributed by atoms with E-state index in [0.29, 0.717) is 6.04 Å². The highest BCUT2D eigenvalue weighted by Gasteiger charge is 2.05. The lowest BCUT2D eigenvalue weighted by molar-refractivity contribution is 0.588. The Labute approximate surface area is 132 Å². The van der Waals surface area contributed by atoms with Crippen LogP contribution in [-0.4, -0.2) is 15.8 Å². The summed E-state index contributed by atoms with van der Waals surface area (Å²) in [7, 11) is 0. The van der Waals surface area contributed by atoms with E-state index in [-0.39, 0.29) is 0 Å². The standard InChI is InChI=1S/C17H25N3S/c1-5-20-16(9-14(4)19-20)12-21-17-8-6-7-15(10-17)11-18-13(2)3/h6-10,13,18H,5,11-12H2,1-4H3. The van der Waals surface area contributed by atoms with Crippen molar-refractivity contribution in [1.82, 2.24) is 15.1 Å². The number of aryl methyl sites for hydroxylation is 2. The molecule has 21 heavy (non-hydrogen) atoms. The third-order valence-corrected chi connectivity index (χ3v) is 4.31. The summed E-state index contributed by atoms with van der Waals surface area (Å²) in [6.07, 6.45) is 0. The molecule has 1 heterocycles. The first kappa shape index (κ1) is 16.1. The van der Waals surface area contributed by atoms with Gasteiger partial charge in [-0.1, -0.05) is 26.0 Å². The molecule has 0 atom stereocenters. The Morgan fingerprint density at radius 3 is 2.81 bits per heavy atom. The van der Waals surface area contributed by atoms with Crippen LogP contribution >= 0.6 is 11.8 Å². The van der Waals surface area contributed by atoms with Gasteiger partial charge in [0.25, 0.3) is 0 Å². The second-order valence-corrected chi connectivity index (χ2v) is 6.61. The van der Waals surface area contributed by atoms with Crippen LogP contribution in [0.25, 0.3) is 0 Å². The molecular formula is C17H25N3S. The van der Waals surface area contributed by atoms with Crippen LogP contribution in [0.2, 0.25) is 0 Å². The van der Waals surface area contributed by atoms with E-state index in [4.69, 9.17) is 0 Å². The van der Waals surface area contributed by atoms with E-state index in [1.165, 1.54) is 16.2 Å². The number of benzene rings is 1. The summed E-state index contributed by atoms with van der Waals surface area (Å²) in [5, 5.41) is 7.96. The van der Waals surface area contributed by atoms with Gasteiger partial charge in [0.2, 0.25) is 0 Å². The van der Waals surface area contributed by atoms with Crippen molar-refractivity contribution in [2.45, 2.75) is 57.5 Å². The summed E-state index contributed by atoms with van der Waals surface area (Å²) in [4.78, 5) is 1.32. The minimum atomic E-state index is 0.517. The third-order valence-electron chi connectivity index (χ3n) is 3.28. The fourth-order valence-corrected chi connectivity index (χ4v) is 3.17. The first-order valence-electron chi connectivity index (χ1n) is 7.57. The quantitative estimate of drug-likeness (QED) is 0.784. The lowest BCUT2D eigenvalue weighted by atomic mass is 10.2. The van der Waals surface area contributed by atoms with Crippen molar-refractivity contribution in [3.05, 3.63) is 47.3 Å². The largest absolute Gasteiger partial charge is 0.310 e. The summed E-state index contributed by atoms with van der Waals surface area (Å²) >= 11 is 1.88. The van der Waals surface area contributed by atoms with Gasteiger partial charge in [-0.2, -0.15) is 5.10 Å². The molecule has 2 aromatic rings. The SMILES string of the molecule is CCn1nc(C)cc1CSc1cccc(CNC(C)C)c1. The minimum absolute atomic E-state index is 0.517. The predicted octanol–water partition coefficient (Wildman–Crippen LogP) is 4.00. The first-order chi connectivity index (χ1) is 10.1. The molecule has 114 valence electrons. The lowest BCUT2D eigenvalue weighted by Gasteiger charge is -2.09. The highest BCUT2D eigenvalue weighted by Crippen LogP contribution is 2.24. The zero-order valence-corrected chi connectivity index (χ0v) is 14.2. The Balaban J connectivity index is 1.98. The van der Waals surface area contributed by atoms with E-state index in [9.17, 15) is 0 Å². The molecule has 0 aliphatic heterocycles. The van der Waals surface area contributed by atoms with Gasteiger partial charge in [0.15, 0.2) is 0 Å². The van der Waals surface area contributed by atoms with Crippen LogP contribution in [-0.2, 0) is 18.8 Å². The number of nitrogens with zero attached hydrogens (tertiary/aromatic N) is 2. The van der Waals surface area contributed by atoms with Gasteiger partial charge >= 0.3 is 0 Å². The van der Waals surface area contributed by atoms with E-state index in [0.717, 1.165) is 24.5 Å². The van der Waals surface area contributed by atoms with Gasteiger partial charge in [0.1, 0.15) is 0 Å². The molecule has 0 saturated heterocycles.